The molecule has 1 aliphatic rings. The lowest BCUT2D eigenvalue weighted by molar-refractivity contribution is 0.0276. The highest BCUT2D eigenvalue weighted by molar-refractivity contribution is 7.11. The molecule has 2 heterocycles. The molecule has 0 N–H and O–H groups in total. The fourth-order valence-corrected chi connectivity index (χ4v) is 1.63. The van der Waals surface area contributed by atoms with E-state index in [9.17, 15) is 4.79 Å². The minimum absolute atomic E-state index is 0.0744. The number of aromatic nitrogens is 1. The molecule has 0 radical (unpaired) electrons. The van der Waals surface area contributed by atoms with Crippen LogP contribution < -0.4 is 0 Å². The predicted octanol–water partition coefficient (Wildman–Crippen LogP) is 1.09. The van der Waals surface area contributed by atoms with Gasteiger partial charge in [0.25, 0.3) is 0 Å². The third kappa shape index (κ3) is 2.05. The van der Waals surface area contributed by atoms with Crippen LogP contribution in [0.2, 0.25) is 0 Å². The molecule has 0 spiro atoms. The Hall–Kier alpha value is -0.940. The first-order chi connectivity index (χ1) is 6.36. The van der Waals surface area contributed by atoms with E-state index in [0.29, 0.717) is 18.1 Å². The van der Waals surface area contributed by atoms with Crippen LogP contribution in [0, 0.1) is 0 Å². The van der Waals surface area contributed by atoms with Gasteiger partial charge in [-0.3, -0.25) is 4.98 Å². The first-order valence-electron chi connectivity index (χ1n) is 4.03. The van der Waals surface area contributed by atoms with Gasteiger partial charge in [0.1, 0.15) is 11.0 Å². The molecule has 5 heteroatoms. The number of hydrogen-bond donors (Lipinski definition) is 0. The number of hydrogen-bond acceptors (Lipinski definition) is 5. The second kappa shape index (κ2) is 3.85. The smallest absolute Gasteiger partial charge is 0.350 e. The Balaban J connectivity index is 1.91. The van der Waals surface area contributed by atoms with Crippen molar-refractivity contribution in [2.75, 3.05) is 13.2 Å². The van der Waals surface area contributed by atoms with Gasteiger partial charge in [-0.15, -0.1) is 11.3 Å². The summed E-state index contributed by atoms with van der Waals surface area (Å²) in [6, 6.07) is 0. The van der Waals surface area contributed by atoms with Gasteiger partial charge < -0.3 is 9.47 Å². The molecule has 0 amide bonds. The Morgan fingerprint density at radius 2 is 2.69 bits per heavy atom. The van der Waals surface area contributed by atoms with Gasteiger partial charge in [0.05, 0.1) is 24.9 Å². The molecule has 13 heavy (non-hydrogen) atoms. The molecule has 1 aromatic heterocycles. The van der Waals surface area contributed by atoms with Crippen LogP contribution in [0.15, 0.2) is 11.7 Å². The van der Waals surface area contributed by atoms with Crippen LogP contribution in [0.3, 0.4) is 0 Å². The van der Waals surface area contributed by atoms with Gasteiger partial charge in [-0.05, 0) is 0 Å². The fraction of sp³-hybridized carbons (Fsp3) is 0.500. The third-order valence-electron chi connectivity index (χ3n) is 1.80. The van der Waals surface area contributed by atoms with Crippen LogP contribution in [0.25, 0.3) is 0 Å². The van der Waals surface area contributed by atoms with Crippen LogP contribution in [-0.2, 0) is 9.47 Å². The molecule has 0 unspecified atom stereocenters. The average molecular weight is 199 g/mol. The summed E-state index contributed by atoms with van der Waals surface area (Å²) in [6.45, 7) is 1.20. The van der Waals surface area contributed by atoms with Crippen LogP contribution in [-0.4, -0.2) is 30.3 Å². The van der Waals surface area contributed by atoms with E-state index in [2.05, 4.69) is 4.98 Å². The molecule has 0 aliphatic carbocycles. The van der Waals surface area contributed by atoms with Gasteiger partial charge in [-0.25, -0.2) is 4.79 Å². The van der Waals surface area contributed by atoms with E-state index in [1.165, 1.54) is 17.5 Å². The Bertz CT molecular complexity index is 280. The fourth-order valence-electron chi connectivity index (χ4n) is 1.13. The molecule has 70 valence electrons. The largest absolute Gasteiger partial charge is 0.456 e. The maximum absolute atomic E-state index is 11.4. The monoisotopic (exact) mass is 199 g/mol. The van der Waals surface area contributed by atoms with Crippen molar-refractivity contribution in [3.05, 3.63) is 16.6 Å². The van der Waals surface area contributed by atoms with Crippen LogP contribution in [0.5, 0.6) is 0 Å². The summed E-state index contributed by atoms with van der Waals surface area (Å²) in [5, 5.41) is 0. The van der Waals surface area contributed by atoms with E-state index in [1.807, 2.05) is 0 Å². The molecule has 1 saturated heterocycles. The molecule has 0 aromatic carbocycles. The second-order valence-electron chi connectivity index (χ2n) is 2.76. The SMILES string of the molecule is O=C(O[C@@H]1CCOC1)c1cncs1. The molecule has 0 saturated carbocycles. The molecule has 1 aromatic rings. The van der Waals surface area contributed by atoms with Crippen LogP contribution >= 0.6 is 11.3 Å². The van der Waals surface area contributed by atoms with Crippen molar-refractivity contribution in [1.82, 2.24) is 4.98 Å². The first kappa shape index (κ1) is 8.65. The lowest BCUT2D eigenvalue weighted by Crippen LogP contribution is -2.17. The number of thiazole rings is 1. The number of carbonyl (C=O) groups excluding carboxylic acids is 1. The number of rotatable bonds is 2. The maximum atomic E-state index is 11.4. The van der Waals surface area contributed by atoms with Crippen molar-refractivity contribution >= 4 is 17.3 Å². The zero-order valence-corrected chi connectivity index (χ0v) is 7.75. The van der Waals surface area contributed by atoms with Gasteiger partial charge in [0.2, 0.25) is 0 Å². The molecular formula is C8H9NO3S. The average Bonchev–Trinajstić information content (AvgIpc) is 2.74. The lowest BCUT2D eigenvalue weighted by Gasteiger charge is -2.07. The van der Waals surface area contributed by atoms with E-state index in [1.54, 1.807) is 5.51 Å². The number of ether oxygens (including phenoxy) is 2. The summed E-state index contributed by atoms with van der Waals surface area (Å²) in [5.74, 6) is -0.294. The minimum Gasteiger partial charge on any atom is -0.456 e. The minimum atomic E-state index is -0.294. The molecule has 4 nitrogen and oxygen atoms in total. The van der Waals surface area contributed by atoms with Crippen molar-refractivity contribution in [1.29, 1.82) is 0 Å². The first-order valence-corrected chi connectivity index (χ1v) is 4.91. The van der Waals surface area contributed by atoms with Crippen molar-refractivity contribution in [2.24, 2.45) is 0 Å². The number of carbonyl (C=O) groups is 1. The zero-order chi connectivity index (χ0) is 9.10. The molecule has 1 aliphatic heterocycles. The molecule has 1 atom stereocenters. The Labute approximate surface area is 79.5 Å². The summed E-state index contributed by atoms with van der Waals surface area (Å²) >= 11 is 1.29. The van der Waals surface area contributed by atoms with E-state index >= 15 is 0 Å². The molecule has 1 fully saturated rings. The van der Waals surface area contributed by atoms with Crippen molar-refractivity contribution in [3.8, 4) is 0 Å². The molecular weight excluding hydrogens is 190 g/mol. The Morgan fingerprint density at radius 3 is 3.31 bits per heavy atom. The van der Waals surface area contributed by atoms with E-state index in [4.69, 9.17) is 9.47 Å². The summed E-state index contributed by atoms with van der Waals surface area (Å²) in [4.78, 5) is 15.7. The van der Waals surface area contributed by atoms with Crippen molar-refractivity contribution < 1.29 is 14.3 Å². The molecule has 2 rings (SSSR count). The topological polar surface area (TPSA) is 48.4 Å². The zero-order valence-electron chi connectivity index (χ0n) is 6.93. The lowest BCUT2D eigenvalue weighted by atomic mass is 10.3. The highest BCUT2D eigenvalue weighted by atomic mass is 32.1. The van der Waals surface area contributed by atoms with Crippen molar-refractivity contribution in [3.63, 3.8) is 0 Å². The van der Waals surface area contributed by atoms with E-state index in [0.717, 1.165) is 6.42 Å². The maximum Gasteiger partial charge on any atom is 0.350 e. The Morgan fingerprint density at radius 1 is 1.77 bits per heavy atom. The van der Waals surface area contributed by atoms with Gasteiger partial charge in [-0.2, -0.15) is 0 Å². The summed E-state index contributed by atoms with van der Waals surface area (Å²) < 4.78 is 10.2. The van der Waals surface area contributed by atoms with E-state index < -0.39 is 0 Å². The summed E-state index contributed by atoms with van der Waals surface area (Å²) in [6.07, 6.45) is 2.24. The standard InChI is InChI=1S/C8H9NO3S/c10-8(7-3-9-5-13-7)12-6-1-2-11-4-6/h3,5-6H,1-2,4H2/t6-/m1/s1. The van der Waals surface area contributed by atoms with Gasteiger partial charge in [0, 0.05) is 6.42 Å². The predicted molar refractivity (Wildman–Crippen MR) is 46.8 cm³/mol. The summed E-state index contributed by atoms with van der Waals surface area (Å²) in [7, 11) is 0. The third-order valence-corrected chi connectivity index (χ3v) is 2.55. The van der Waals surface area contributed by atoms with Crippen molar-refractivity contribution in [2.45, 2.75) is 12.5 Å². The highest BCUT2D eigenvalue weighted by Gasteiger charge is 2.21. The number of esters is 1. The van der Waals surface area contributed by atoms with Crippen LogP contribution in [0.4, 0.5) is 0 Å². The summed E-state index contributed by atoms with van der Waals surface area (Å²) in [5.41, 5.74) is 1.61. The van der Waals surface area contributed by atoms with E-state index in [-0.39, 0.29) is 12.1 Å². The van der Waals surface area contributed by atoms with Crippen LogP contribution in [0.1, 0.15) is 16.1 Å². The van der Waals surface area contributed by atoms with Gasteiger partial charge >= 0.3 is 5.97 Å². The normalized spacial score (nSPS) is 21.7. The molecule has 0 bridgehead atoms. The Kier molecular flexibility index (Phi) is 2.56. The highest BCUT2D eigenvalue weighted by Crippen LogP contribution is 2.13. The number of nitrogens with zero attached hydrogens (tertiary/aromatic N) is 1. The van der Waals surface area contributed by atoms with Gasteiger partial charge in [0.15, 0.2) is 0 Å². The quantitative estimate of drug-likeness (QED) is 0.669. The second-order valence-corrected chi connectivity index (χ2v) is 3.64. The van der Waals surface area contributed by atoms with Gasteiger partial charge in [-0.1, -0.05) is 0 Å².